The lowest BCUT2D eigenvalue weighted by atomic mass is 10.0. The molecule has 66 heavy (non-hydrogen) atoms. The molecule has 12 nitrogen and oxygen atoms in total. The normalized spacial score (nSPS) is 11.9. The standard InChI is InChI=1S/C54H99NO11/c1-6-11-14-17-20-26-34-43-61-50(56)38-30-24-21-25-31-39-51(57)63-45-48(47-65-54(60)62-44-35-42-55(9-4)10-5)46-64-52(58)40-32-27-33-41-53(59)66-49(36-28-22-18-15-12-7-2)37-29-23-19-16-13-8-3/h26,34,48-49H,6-25,27-33,35-47H2,1-5H3/b34-26-. The molecule has 0 aromatic carbocycles. The number of hydrogen-bond acceptors (Lipinski definition) is 12. The van der Waals surface area contributed by atoms with Crippen LogP contribution in [-0.2, 0) is 47.6 Å². The maximum atomic E-state index is 12.8. The molecule has 0 radical (unpaired) electrons. The summed E-state index contributed by atoms with van der Waals surface area (Å²) in [5.41, 5.74) is 0. The number of carbonyl (C=O) groups excluding carboxylic acids is 5. The van der Waals surface area contributed by atoms with Crippen molar-refractivity contribution in [2.24, 2.45) is 5.92 Å². The van der Waals surface area contributed by atoms with Gasteiger partial charge < -0.3 is 33.3 Å². The summed E-state index contributed by atoms with van der Waals surface area (Å²) in [6.07, 6.45) is 33.3. The topological polar surface area (TPSA) is 144 Å². The van der Waals surface area contributed by atoms with Gasteiger partial charge in [0.05, 0.1) is 12.5 Å². The summed E-state index contributed by atoms with van der Waals surface area (Å²) in [6.45, 7) is 13.7. The summed E-state index contributed by atoms with van der Waals surface area (Å²) in [6, 6.07) is 0. The van der Waals surface area contributed by atoms with Gasteiger partial charge >= 0.3 is 30.0 Å². The van der Waals surface area contributed by atoms with Gasteiger partial charge in [-0.15, -0.1) is 0 Å². The number of hydrogen-bond donors (Lipinski definition) is 0. The van der Waals surface area contributed by atoms with Crippen molar-refractivity contribution < 1.29 is 52.4 Å². The molecular weight excluding hydrogens is 839 g/mol. The highest BCUT2D eigenvalue weighted by atomic mass is 16.7. The van der Waals surface area contributed by atoms with Crippen LogP contribution in [0.1, 0.15) is 240 Å². The van der Waals surface area contributed by atoms with Gasteiger partial charge in [0.25, 0.3) is 0 Å². The first-order chi connectivity index (χ1) is 32.2. The Morgan fingerprint density at radius 3 is 1.36 bits per heavy atom. The average molecular weight is 938 g/mol. The van der Waals surface area contributed by atoms with E-state index in [4.69, 9.17) is 28.4 Å². The van der Waals surface area contributed by atoms with Crippen LogP contribution in [0.2, 0.25) is 0 Å². The van der Waals surface area contributed by atoms with Crippen molar-refractivity contribution in [3.8, 4) is 0 Å². The number of allylic oxidation sites excluding steroid dienone is 1. The Balaban J connectivity index is 4.69. The lowest BCUT2D eigenvalue weighted by Gasteiger charge is -2.18. The summed E-state index contributed by atoms with van der Waals surface area (Å²) < 4.78 is 32.9. The second kappa shape index (κ2) is 48.3. The van der Waals surface area contributed by atoms with E-state index in [0.717, 1.165) is 77.4 Å². The van der Waals surface area contributed by atoms with Crippen molar-refractivity contribution in [1.29, 1.82) is 0 Å². The molecule has 0 saturated carbocycles. The Hall–Kier alpha value is -3.15. The Kier molecular flexibility index (Phi) is 46.0. The van der Waals surface area contributed by atoms with E-state index in [1.54, 1.807) is 0 Å². The van der Waals surface area contributed by atoms with E-state index in [1.807, 2.05) is 6.08 Å². The predicted octanol–water partition coefficient (Wildman–Crippen LogP) is 13.7. The minimum absolute atomic E-state index is 0.0111. The third-order valence-corrected chi connectivity index (χ3v) is 11.9. The van der Waals surface area contributed by atoms with Gasteiger partial charge in [-0.2, -0.15) is 0 Å². The molecule has 1 unspecified atom stereocenters. The van der Waals surface area contributed by atoms with Crippen molar-refractivity contribution in [3.63, 3.8) is 0 Å². The molecule has 0 spiro atoms. The molecule has 0 saturated heterocycles. The fourth-order valence-electron chi connectivity index (χ4n) is 7.61. The first-order valence-electron chi connectivity index (χ1n) is 27.0. The van der Waals surface area contributed by atoms with E-state index < -0.39 is 18.0 Å². The lowest BCUT2D eigenvalue weighted by Crippen LogP contribution is -2.27. The van der Waals surface area contributed by atoms with Crippen LogP contribution in [0.5, 0.6) is 0 Å². The van der Waals surface area contributed by atoms with Crippen molar-refractivity contribution in [3.05, 3.63) is 12.2 Å². The summed E-state index contributed by atoms with van der Waals surface area (Å²) in [4.78, 5) is 64.7. The lowest BCUT2D eigenvalue weighted by molar-refractivity contribution is -0.151. The molecule has 0 rings (SSSR count). The van der Waals surface area contributed by atoms with Gasteiger partial charge in [0.2, 0.25) is 0 Å². The Labute approximate surface area is 403 Å². The van der Waals surface area contributed by atoms with E-state index in [9.17, 15) is 24.0 Å². The third-order valence-electron chi connectivity index (χ3n) is 11.9. The predicted molar refractivity (Wildman–Crippen MR) is 265 cm³/mol. The zero-order valence-corrected chi connectivity index (χ0v) is 43.0. The molecule has 1 atom stereocenters. The highest BCUT2D eigenvalue weighted by molar-refractivity contribution is 5.70. The van der Waals surface area contributed by atoms with Crippen molar-refractivity contribution in [2.45, 2.75) is 246 Å². The van der Waals surface area contributed by atoms with Crippen LogP contribution in [0.3, 0.4) is 0 Å². The molecule has 0 amide bonds. The summed E-state index contributed by atoms with van der Waals surface area (Å²) >= 11 is 0. The van der Waals surface area contributed by atoms with Crippen LogP contribution in [0.15, 0.2) is 12.2 Å². The minimum atomic E-state index is -0.815. The van der Waals surface area contributed by atoms with E-state index in [1.165, 1.54) is 89.9 Å². The second-order valence-corrected chi connectivity index (χ2v) is 18.1. The molecular formula is C54H99NO11. The van der Waals surface area contributed by atoms with Crippen LogP contribution in [0, 0.1) is 5.92 Å². The van der Waals surface area contributed by atoms with Crippen molar-refractivity contribution >= 4 is 30.0 Å². The van der Waals surface area contributed by atoms with Crippen LogP contribution < -0.4 is 0 Å². The van der Waals surface area contributed by atoms with E-state index in [2.05, 4.69) is 45.6 Å². The molecule has 0 aliphatic heterocycles. The maximum absolute atomic E-state index is 12.8. The molecule has 0 fully saturated rings. The monoisotopic (exact) mass is 938 g/mol. The fraction of sp³-hybridized carbons (Fsp3) is 0.870. The highest BCUT2D eigenvalue weighted by Crippen LogP contribution is 2.19. The van der Waals surface area contributed by atoms with Crippen LogP contribution in [-0.4, -0.2) is 93.7 Å². The van der Waals surface area contributed by atoms with Gasteiger partial charge in [0.15, 0.2) is 0 Å². The van der Waals surface area contributed by atoms with E-state index in [-0.39, 0.29) is 63.3 Å². The van der Waals surface area contributed by atoms with Crippen LogP contribution >= 0.6 is 0 Å². The molecule has 0 N–H and O–H groups in total. The van der Waals surface area contributed by atoms with Crippen LogP contribution in [0.4, 0.5) is 4.79 Å². The molecule has 0 bridgehead atoms. The average Bonchev–Trinajstić information content (AvgIpc) is 3.31. The molecule has 386 valence electrons. The molecule has 0 heterocycles. The molecule has 0 aromatic heterocycles. The molecule has 0 aliphatic carbocycles. The minimum Gasteiger partial charge on any atom is -0.465 e. The quantitative estimate of drug-likeness (QED) is 0.0248. The Morgan fingerprint density at radius 2 is 0.848 bits per heavy atom. The zero-order chi connectivity index (χ0) is 48.6. The molecule has 0 aliphatic rings. The first kappa shape index (κ1) is 62.8. The number of unbranched alkanes of at least 4 members (excludes halogenated alkanes) is 20. The Bertz CT molecular complexity index is 1170. The van der Waals surface area contributed by atoms with Gasteiger partial charge in [-0.1, -0.05) is 156 Å². The van der Waals surface area contributed by atoms with Crippen molar-refractivity contribution in [2.75, 3.05) is 52.7 Å². The highest BCUT2D eigenvalue weighted by Gasteiger charge is 2.19. The van der Waals surface area contributed by atoms with Crippen molar-refractivity contribution in [1.82, 2.24) is 4.90 Å². The third kappa shape index (κ3) is 43.4. The van der Waals surface area contributed by atoms with E-state index >= 15 is 0 Å². The van der Waals surface area contributed by atoms with Gasteiger partial charge in [-0.25, -0.2) is 4.79 Å². The fourth-order valence-corrected chi connectivity index (χ4v) is 7.61. The van der Waals surface area contributed by atoms with Gasteiger partial charge in [-0.3, -0.25) is 19.2 Å². The maximum Gasteiger partial charge on any atom is 0.508 e. The summed E-state index contributed by atoms with van der Waals surface area (Å²) in [7, 11) is 0. The Morgan fingerprint density at radius 1 is 0.424 bits per heavy atom. The smallest absolute Gasteiger partial charge is 0.465 e. The van der Waals surface area contributed by atoms with Gasteiger partial charge in [-0.05, 0) is 83.7 Å². The molecule has 12 heteroatoms. The largest absolute Gasteiger partial charge is 0.508 e. The second-order valence-electron chi connectivity index (χ2n) is 18.1. The zero-order valence-electron chi connectivity index (χ0n) is 43.0. The number of ether oxygens (including phenoxy) is 6. The van der Waals surface area contributed by atoms with Crippen LogP contribution in [0.25, 0.3) is 0 Å². The number of esters is 4. The van der Waals surface area contributed by atoms with Gasteiger partial charge in [0, 0.05) is 32.2 Å². The van der Waals surface area contributed by atoms with Gasteiger partial charge in [0.1, 0.15) is 32.5 Å². The number of nitrogens with zero attached hydrogens (tertiary/aromatic N) is 1. The number of rotatable bonds is 48. The first-order valence-corrected chi connectivity index (χ1v) is 27.0. The number of carbonyl (C=O) groups is 5. The summed E-state index contributed by atoms with van der Waals surface area (Å²) in [5.74, 6) is -1.67. The summed E-state index contributed by atoms with van der Waals surface area (Å²) in [5, 5.41) is 0. The van der Waals surface area contributed by atoms with E-state index in [0.29, 0.717) is 51.6 Å². The SMILES string of the molecule is CCCCCC/C=C\COC(=O)CCCCCCCC(=O)OCC(COC(=O)CCCCCC(=O)OC(CCCCCCCC)CCCCCCCC)COC(=O)OCCCN(CC)CC. The molecule has 0 aromatic rings.